The van der Waals surface area contributed by atoms with Crippen LogP contribution >= 0.6 is 0 Å². The third-order valence-electron chi connectivity index (χ3n) is 5.17. The first-order chi connectivity index (χ1) is 12.0. The second-order valence-corrected chi connectivity index (χ2v) is 8.87. The highest BCUT2D eigenvalue weighted by molar-refractivity contribution is 5.80. The summed E-state index contributed by atoms with van der Waals surface area (Å²) >= 11 is 0. The van der Waals surface area contributed by atoms with Crippen LogP contribution in [0.25, 0.3) is 0 Å². The molecule has 2 rings (SSSR count). The number of piperidine rings is 1. The summed E-state index contributed by atoms with van der Waals surface area (Å²) in [6.07, 6.45) is 6.03. The smallest absolute Gasteiger partial charge is 0.191 e. The average Bonchev–Trinajstić information content (AvgIpc) is 3.05. The van der Waals surface area contributed by atoms with E-state index in [1.54, 1.807) is 0 Å². The van der Waals surface area contributed by atoms with Gasteiger partial charge in [0.1, 0.15) is 0 Å². The molecule has 2 heterocycles. The lowest BCUT2D eigenvalue weighted by Gasteiger charge is -2.34. The van der Waals surface area contributed by atoms with Gasteiger partial charge in [-0.05, 0) is 50.4 Å². The molecule has 0 spiro atoms. The first-order valence-corrected chi connectivity index (χ1v) is 10.3. The molecule has 2 N–H and O–H groups in total. The van der Waals surface area contributed by atoms with Gasteiger partial charge < -0.3 is 20.3 Å². The zero-order valence-corrected chi connectivity index (χ0v) is 16.9. The number of hydrogen-bond donors (Lipinski definition) is 2. The van der Waals surface area contributed by atoms with Gasteiger partial charge in [-0.2, -0.15) is 0 Å². The fourth-order valence-electron chi connectivity index (χ4n) is 3.67. The van der Waals surface area contributed by atoms with Gasteiger partial charge in [-0.3, -0.25) is 4.99 Å². The fourth-order valence-corrected chi connectivity index (χ4v) is 3.67. The molecule has 2 saturated heterocycles. The van der Waals surface area contributed by atoms with Crippen molar-refractivity contribution in [2.75, 3.05) is 45.9 Å². The summed E-state index contributed by atoms with van der Waals surface area (Å²) in [6.45, 7) is 16.4. The molecule has 0 bridgehead atoms. The Morgan fingerprint density at radius 1 is 1.20 bits per heavy atom. The molecule has 146 valence electrons. The van der Waals surface area contributed by atoms with Crippen molar-refractivity contribution in [1.29, 1.82) is 0 Å². The summed E-state index contributed by atoms with van der Waals surface area (Å²) in [4.78, 5) is 7.39. The Hall–Kier alpha value is -0.810. The van der Waals surface area contributed by atoms with E-state index in [-0.39, 0.29) is 0 Å². The van der Waals surface area contributed by atoms with Crippen LogP contribution in [0, 0.1) is 11.3 Å². The predicted octanol–water partition coefficient (Wildman–Crippen LogP) is 2.87. The Bertz CT molecular complexity index is 391. The summed E-state index contributed by atoms with van der Waals surface area (Å²) in [5.74, 6) is 1.75. The number of guanidine groups is 1. The molecular formula is C20H40N4O. The lowest BCUT2D eigenvalue weighted by Crippen LogP contribution is -2.49. The molecule has 0 saturated carbocycles. The highest BCUT2D eigenvalue weighted by Gasteiger charge is 2.24. The molecule has 2 aliphatic heterocycles. The molecule has 25 heavy (non-hydrogen) atoms. The lowest BCUT2D eigenvalue weighted by atomic mass is 9.91. The maximum Gasteiger partial charge on any atom is 0.191 e. The summed E-state index contributed by atoms with van der Waals surface area (Å²) in [7, 11) is 0. The zero-order chi connectivity index (χ0) is 18.1. The fraction of sp³-hybridized carbons (Fsp3) is 0.950. The second kappa shape index (κ2) is 10.4. The SMILES string of the molecule is CCNC(=NCCCC(C)(C)C)NC1CCN(CC2CCOC2)CC1. The number of ether oxygens (including phenoxy) is 1. The second-order valence-electron chi connectivity index (χ2n) is 8.87. The maximum atomic E-state index is 5.50. The van der Waals surface area contributed by atoms with Crippen molar-refractivity contribution >= 4 is 5.96 Å². The molecule has 2 aliphatic rings. The Kier molecular flexibility index (Phi) is 8.50. The lowest BCUT2D eigenvalue weighted by molar-refractivity contribution is 0.150. The van der Waals surface area contributed by atoms with Gasteiger partial charge in [-0.1, -0.05) is 20.8 Å². The number of nitrogens with zero attached hydrogens (tertiary/aromatic N) is 2. The van der Waals surface area contributed by atoms with Crippen molar-refractivity contribution in [3.05, 3.63) is 0 Å². The summed E-state index contributed by atoms with van der Waals surface area (Å²) in [5.41, 5.74) is 0.401. The average molecular weight is 353 g/mol. The van der Waals surface area contributed by atoms with E-state index in [2.05, 4.69) is 43.2 Å². The van der Waals surface area contributed by atoms with Gasteiger partial charge >= 0.3 is 0 Å². The number of aliphatic imine (C=N–C) groups is 1. The molecule has 1 atom stereocenters. The molecule has 5 nitrogen and oxygen atoms in total. The van der Waals surface area contributed by atoms with Crippen molar-refractivity contribution in [2.24, 2.45) is 16.3 Å². The van der Waals surface area contributed by atoms with E-state index in [1.807, 2.05) is 0 Å². The molecule has 1 unspecified atom stereocenters. The molecule has 0 aromatic heterocycles. The van der Waals surface area contributed by atoms with Crippen LogP contribution in [0.15, 0.2) is 4.99 Å². The molecule has 0 amide bonds. The van der Waals surface area contributed by atoms with Crippen LogP contribution in [0.3, 0.4) is 0 Å². The van der Waals surface area contributed by atoms with Crippen LogP contribution in [0.5, 0.6) is 0 Å². The van der Waals surface area contributed by atoms with Gasteiger partial charge in [-0.25, -0.2) is 0 Å². The van der Waals surface area contributed by atoms with Crippen molar-refractivity contribution in [3.63, 3.8) is 0 Å². The molecule has 0 aromatic carbocycles. The summed E-state index contributed by atoms with van der Waals surface area (Å²) in [6, 6.07) is 0.552. The van der Waals surface area contributed by atoms with E-state index in [0.29, 0.717) is 11.5 Å². The number of rotatable bonds is 7. The van der Waals surface area contributed by atoms with Crippen molar-refractivity contribution in [1.82, 2.24) is 15.5 Å². The maximum absolute atomic E-state index is 5.50. The largest absolute Gasteiger partial charge is 0.381 e. The number of likely N-dealkylation sites (tertiary alicyclic amines) is 1. The quantitative estimate of drug-likeness (QED) is 0.420. The van der Waals surface area contributed by atoms with Crippen LogP contribution in [0.2, 0.25) is 0 Å². The molecule has 2 fully saturated rings. The van der Waals surface area contributed by atoms with Crippen molar-refractivity contribution in [2.45, 2.75) is 65.8 Å². The highest BCUT2D eigenvalue weighted by atomic mass is 16.5. The molecule has 0 radical (unpaired) electrons. The third kappa shape index (κ3) is 8.41. The molecule has 0 aliphatic carbocycles. The van der Waals surface area contributed by atoms with Gasteiger partial charge in [0, 0.05) is 45.4 Å². The number of nitrogens with one attached hydrogen (secondary N) is 2. The minimum absolute atomic E-state index is 0.401. The molecular weight excluding hydrogens is 312 g/mol. The topological polar surface area (TPSA) is 48.9 Å². The van der Waals surface area contributed by atoms with Gasteiger partial charge in [0.15, 0.2) is 5.96 Å². The standard InChI is InChI=1S/C20H40N4O/c1-5-21-19(22-11-6-10-20(2,3)4)23-18-7-12-24(13-8-18)15-17-9-14-25-16-17/h17-18H,5-16H2,1-4H3,(H2,21,22,23). The van der Waals surface area contributed by atoms with Gasteiger partial charge in [0.05, 0.1) is 6.61 Å². The van der Waals surface area contributed by atoms with Crippen LogP contribution in [-0.4, -0.2) is 62.8 Å². The van der Waals surface area contributed by atoms with Crippen LogP contribution in [0.4, 0.5) is 0 Å². The van der Waals surface area contributed by atoms with E-state index >= 15 is 0 Å². The Labute approximate surface area is 155 Å². The first kappa shape index (κ1) is 20.5. The van der Waals surface area contributed by atoms with Gasteiger partial charge in [-0.15, -0.1) is 0 Å². The molecule has 5 heteroatoms. The minimum Gasteiger partial charge on any atom is -0.381 e. The van der Waals surface area contributed by atoms with Crippen LogP contribution in [0.1, 0.15) is 59.8 Å². The van der Waals surface area contributed by atoms with E-state index in [0.717, 1.165) is 44.6 Å². The monoisotopic (exact) mass is 352 g/mol. The normalized spacial score (nSPS) is 23.8. The third-order valence-corrected chi connectivity index (χ3v) is 5.17. The summed E-state index contributed by atoms with van der Waals surface area (Å²) < 4.78 is 5.50. The van der Waals surface area contributed by atoms with Crippen LogP contribution in [-0.2, 0) is 4.74 Å². The first-order valence-electron chi connectivity index (χ1n) is 10.3. The van der Waals surface area contributed by atoms with E-state index in [4.69, 9.17) is 9.73 Å². The zero-order valence-electron chi connectivity index (χ0n) is 16.9. The molecule has 0 aromatic rings. The Morgan fingerprint density at radius 2 is 1.96 bits per heavy atom. The Morgan fingerprint density at radius 3 is 2.56 bits per heavy atom. The highest BCUT2D eigenvalue weighted by Crippen LogP contribution is 2.20. The minimum atomic E-state index is 0.401. The Balaban J connectivity index is 1.68. The summed E-state index contributed by atoms with van der Waals surface area (Å²) in [5, 5.41) is 7.06. The predicted molar refractivity (Wildman–Crippen MR) is 106 cm³/mol. The van der Waals surface area contributed by atoms with Crippen molar-refractivity contribution in [3.8, 4) is 0 Å². The van der Waals surface area contributed by atoms with E-state index in [1.165, 1.54) is 45.3 Å². The number of hydrogen-bond acceptors (Lipinski definition) is 3. The van der Waals surface area contributed by atoms with Gasteiger partial charge in [0.25, 0.3) is 0 Å². The van der Waals surface area contributed by atoms with Crippen molar-refractivity contribution < 1.29 is 4.74 Å². The van der Waals surface area contributed by atoms with E-state index < -0.39 is 0 Å². The van der Waals surface area contributed by atoms with Crippen LogP contribution < -0.4 is 10.6 Å². The van der Waals surface area contributed by atoms with E-state index in [9.17, 15) is 0 Å². The van der Waals surface area contributed by atoms with Gasteiger partial charge in [0.2, 0.25) is 0 Å².